The summed E-state index contributed by atoms with van der Waals surface area (Å²) in [6, 6.07) is 3.29. The van der Waals surface area contributed by atoms with Gasteiger partial charge in [-0.3, -0.25) is 4.99 Å². The average molecular weight is 321 g/mol. The lowest BCUT2D eigenvalue weighted by Gasteiger charge is -2.18. The normalized spacial score (nSPS) is 20.6. The molecule has 0 amide bonds. The Morgan fingerprint density at radius 3 is 3.19 bits per heavy atom. The van der Waals surface area contributed by atoms with Crippen molar-refractivity contribution in [2.45, 2.75) is 6.04 Å². The molecular formula is C13H11N3O3S2. The van der Waals surface area contributed by atoms with Crippen molar-refractivity contribution in [3.8, 4) is 5.75 Å². The summed E-state index contributed by atoms with van der Waals surface area (Å²) in [7, 11) is 0. The van der Waals surface area contributed by atoms with E-state index in [0.717, 1.165) is 38.2 Å². The molecule has 1 aromatic heterocycles. The van der Waals surface area contributed by atoms with Crippen LogP contribution in [0.5, 0.6) is 5.75 Å². The van der Waals surface area contributed by atoms with Crippen molar-refractivity contribution in [2.75, 3.05) is 24.2 Å². The predicted octanol–water partition coefficient (Wildman–Crippen LogP) is 2.05. The Morgan fingerprint density at radius 2 is 2.38 bits per heavy atom. The van der Waals surface area contributed by atoms with E-state index in [1.807, 2.05) is 12.1 Å². The zero-order valence-corrected chi connectivity index (χ0v) is 12.5. The van der Waals surface area contributed by atoms with Crippen LogP contribution in [0.1, 0.15) is 5.01 Å². The molecule has 0 saturated carbocycles. The number of fused-ring (bicyclic) bond motifs is 2. The first-order valence-electron chi connectivity index (χ1n) is 6.46. The molecule has 2 aliphatic rings. The van der Waals surface area contributed by atoms with Gasteiger partial charge in [0, 0.05) is 18.4 Å². The van der Waals surface area contributed by atoms with Gasteiger partial charge in [0.15, 0.2) is 6.04 Å². The van der Waals surface area contributed by atoms with Crippen molar-refractivity contribution in [2.24, 2.45) is 4.99 Å². The zero-order chi connectivity index (χ0) is 14.4. The average Bonchev–Trinajstić information content (AvgIpc) is 3.11. The van der Waals surface area contributed by atoms with E-state index in [-0.39, 0.29) is 0 Å². The van der Waals surface area contributed by atoms with E-state index in [2.05, 4.69) is 15.3 Å². The fraction of sp³-hybridized carbons (Fsp3) is 0.308. The van der Waals surface area contributed by atoms with Gasteiger partial charge >= 0.3 is 5.97 Å². The standard InChI is InChI=1S/C13H11N3O3S2/c17-13(18)8-5-20-11(16-8)12-15-7-3-9-6(4-10(7)21-12)14-1-2-19-9/h3-4,8,14H,1-2,5H2,(H,17,18)/t8-/m1/s1. The summed E-state index contributed by atoms with van der Waals surface area (Å²) in [4.78, 5) is 19.8. The Balaban J connectivity index is 1.74. The minimum atomic E-state index is -0.883. The summed E-state index contributed by atoms with van der Waals surface area (Å²) in [6.07, 6.45) is 0. The minimum Gasteiger partial charge on any atom is -0.490 e. The number of hydrogen-bond acceptors (Lipinski definition) is 7. The molecule has 2 N–H and O–H groups in total. The van der Waals surface area contributed by atoms with Gasteiger partial charge in [0.25, 0.3) is 0 Å². The van der Waals surface area contributed by atoms with E-state index in [1.165, 1.54) is 23.1 Å². The first-order valence-corrected chi connectivity index (χ1v) is 8.26. The highest BCUT2D eigenvalue weighted by molar-refractivity contribution is 8.15. The van der Waals surface area contributed by atoms with Gasteiger partial charge in [0.1, 0.15) is 22.4 Å². The maximum atomic E-state index is 11.0. The van der Waals surface area contributed by atoms with E-state index in [4.69, 9.17) is 9.84 Å². The molecule has 0 saturated heterocycles. The molecule has 0 unspecified atom stereocenters. The molecule has 6 nitrogen and oxygen atoms in total. The largest absolute Gasteiger partial charge is 0.490 e. The number of aliphatic carboxylic acids is 1. The molecule has 21 heavy (non-hydrogen) atoms. The van der Waals surface area contributed by atoms with Crippen LogP contribution in [0.3, 0.4) is 0 Å². The number of thioether (sulfide) groups is 1. The van der Waals surface area contributed by atoms with Crippen LogP contribution in [0.4, 0.5) is 5.69 Å². The second-order valence-electron chi connectivity index (χ2n) is 4.71. The third-order valence-electron chi connectivity index (χ3n) is 3.28. The van der Waals surface area contributed by atoms with E-state index in [9.17, 15) is 4.79 Å². The third-order valence-corrected chi connectivity index (χ3v) is 5.49. The quantitative estimate of drug-likeness (QED) is 0.881. The number of aliphatic imine (C=N–C) groups is 1. The van der Waals surface area contributed by atoms with E-state index in [1.54, 1.807) is 0 Å². The van der Waals surface area contributed by atoms with Crippen molar-refractivity contribution in [1.82, 2.24) is 4.98 Å². The van der Waals surface area contributed by atoms with Crippen LogP contribution in [-0.2, 0) is 4.79 Å². The van der Waals surface area contributed by atoms with Crippen LogP contribution < -0.4 is 10.1 Å². The van der Waals surface area contributed by atoms with E-state index < -0.39 is 12.0 Å². The molecule has 0 spiro atoms. The van der Waals surface area contributed by atoms with Crippen LogP contribution in [0.25, 0.3) is 10.2 Å². The summed E-state index contributed by atoms with van der Waals surface area (Å²) in [6.45, 7) is 1.45. The first kappa shape index (κ1) is 12.9. The lowest BCUT2D eigenvalue weighted by molar-refractivity contribution is -0.137. The summed E-state index contributed by atoms with van der Waals surface area (Å²) in [5.41, 5.74) is 1.84. The molecule has 1 aromatic carbocycles. The molecule has 4 rings (SSSR count). The van der Waals surface area contributed by atoms with Gasteiger partial charge < -0.3 is 15.2 Å². The molecule has 1 atom stereocenters. The number of rotatable bonds is 2. The van der Waals surface area contributed by atoms with Gasteiger partial charge in [0.2, 0.25) is 0 Å². The number of benzene rings is 1. The Morgan fingerprint density at radius 1 is 1.48 bits per heavy atom. The lowest BCUT2D eigenvalue weighted by atomic mass is 10.2. The van der Waals surface area contributed by atoms with Gasteiger partial charge in [-0.15, -0.1) is 23.1 Å². The Labute approximate surface area is 128 Å². The predicted molar refractivity (Wildman–Crippen MR) is 84.0 cm³/mol. The summed E-state index contributed by atoms with van der Waals surface area (Å²) in [5.74, 6) is 0.406. The van der Waals surface area contributed by atoms with Crippen molar-refractivity contribution < 1.29 is 14.6 Å². The topological polar surface area (TPSA) is 83.8 Å². The number of carbonyl (C=O) groups is 1. The Bertz CT molecular complexity index is 728. The Kier molecular flexibility index (Phi) is 3.00. The molecule has 3 heterocycles. The number of hydrogen-bond donors (Lipinski definition) is 2. The molecule has 2 aliphatic heterocycles. The molecular weight excluding hydrogens is 310 g/mol. The smallest absolute Gasteiger partial charge is 0.329 e. The van der Waals surface area contributed by atoms with Crippen molar-refractivity contribution in [1.29, 1.82) is 0 Å². The molecule has 0 aliphatic carbocycles. The SMILES string of the molecule is O=C(O)[C@H]1CSC(c2nc3cc4c(cc3s2)NCCO4)=N1. The maximum absolute atomic E-state index is 11.0. The number of nitrogens with zero attached hydrogens (tertiary/aromatic N) is 2. The third kappa shape index (κ3) is 2.24. The highest BCUT2D eigenvalue weighted by atomic mass is 32.2. The molecule has 2 aromatic rings. The minimum absolute atomic E-state index is 0.474. The number of carboxylic acids is 1. The van der Waals surface area contributed by atoms with Crippen LogP contribution in [0.15, 0.2) is 17.1 Å². The van der Waals surface area contributed by atoms with Gasteiger partial charge in [-0.25, -0.2) is 9.78 Å². The van der Waals surface area contributed by atoms with Crippen molar-refractivity contribution in [3.05, 3.63) is 17.1 Å². The lowest BCUT2D eigenvalue weighted by Crippen LogP contribution is -2.17. The fourth-order valence-electron chi connectivity index (χ4n) is 2.27. The molecule has 0 fully saturated rings. The summed E-state index contributed by atoms with van der Waals surface area (Å²) >= 11 is 2.98. The highest BCUT2D eigenvalue weighted by Gasteiger charge is 2.27. The Hall–Kier alpha value is -1.80. The highest BCUT2D eigenvalue weighted by Crippen LogP contribution is 2.36. The van der Waals surface area contributed by atoms with Crippen LogP contribution in [0.2, 0.25) is 0 Å². The first-order chi connectivity index (χ1) is 10.2. The molecule has 108 valence electrons. The van der Waals surface area contributed by atoms with E-state index >= 15 is 0 Å². The van der Waals surface area contributed by atoms with Crippen molar-refractivity contribution in [3.63, 3.8) is 0 Å². The fourth-order valence-corrected chi connectivity index (χ4v) is 4.35. The van der Waals surface area contributed by atoms with Crippen LogP contribution >= 0.6 is 23.1 Å². The van der Waals surface area contributed by atoms with Gasteiger partial charge in [0.05, 0.1) is 15.9 Å². The second-order valence-corrected chi connectivity index (χ2v) is 6.75. The molecule has 8 heteroatoms. The summed E-state index contributed by atoms with van der Waals surface area (Å²) < 4.78 is 6.65. The number of ether oxygens (including phenoxy) is 1. The van der Waals surface area contributed by atoms with Gasteiger partial charge in [-0.05, 0) is 6.07 Å². The molecule has 0 radical (unpaired) electrons. The number of anilines is 1. The van der Waals surface area contributed by atoms with Gasteiger partial charge in [-0.1, -0.05) is 0 Å². The number of carboxylic acid groups (broad SMARTS) is 1. The summed E-state index contributed by atoms with van der Waals surface area (Å²) in [5, 5.41) is 13.8. The van der Waals surface area contributed by atoms with Crippen molar-refractivity contribution >= 4 is 50.0 Å². The van der Waals surface area contributed by atoms with E-state index in [0.29, 0.717) is 12.4 Å². The molecule has 0 bridgehead atoms. The second kappa shape index (κ2) is 4.88. The zero-order valence-electron chi connectivity index (χ0n) is 10.8. The number of thiazole rings is 1. The van der Waals surface area contributed by atoms with Gasteiger partial charge in [-0.2, -0.15) is 0 Å². The maximum Gasteiger partial charge on any atom is 0.329 e. The number of aromatic nitrogens is 1. The monoisotopic (exact) mass is 321 g/mol. The van der Waals surface area contributed by atoms with Crippen LogP contribution in [-0.4, -0.2) is 46.0 Å². The van der Waals surface area contributed by atoms with Crippen LogP contribution in [0, 0.1) is 0 Å². The number of nitrogens with one attached hydrogen (secondary N) is 1.